The molecule has 0 spiro atoms. The summed E-state index contributed by atoms with van der Waals surface area (Å²) in [4.78, 5) is 11.3. The van der Waals surface area contributed by atoms with Crippen LogP contribution in [0.3, 0.4) is 0 Å². The van der Waals surface area contributed by atoms with Crippen LogP contribution in [0.2, 0.25) is 0 Å². The van der Waals surface area contributed by atoms with Crippen molar-refractivity contribution in [3.05, 3.63) is 0 Å². The van der Waals surface area contributed by atoms with Crippen LogP contribution < -0.4 is 5.32 Å². The number of amides is 1. The quantitative estimate of drug-likeness (QED) is 0.687. The summed E-state index contributed by atoms with van der Waals surface area (Å²) in [5, 5.41) is 12.6. The van der Waals surface area contributed by atoms with E-state index in [2.05, 4.69) is 5.32 Å². The minimum atomic E-state index is -0.841. The van der Waals surface area contributed by atoms with Crippen LogP contribution in [0.25, 0.3) is 0 Å². The Morgan fingerprint density at radius 3 is 2.86 bits per heavy atom. The summed E-state index contributed by atoms with van der Waals surface area (Å²) in [5.41, 5.74) is -0.841. The third-order valence-electron chi connectivity index (χ3n) is 2.29. The smallest absolute Gasteiger partial charge is 0.220 e. The maximum Gasteiger partial charge on any atom is 0.220 e. The number of hydrogen-bond donors (Lipinski definition) is 2. The zero-order valence-electron chi connectivity index (χ0n) is 8.88. The van der Waals surface area contributed by atoms with Crippen molar-refractivity contribution < 1.29 is 14.6 Å². The third kappa shape index (κ3) is 3.64. The standard InChI is InChI=1S/C10H19NO3/c1-8(2)5-9(12)11-6-10(13)3-4-14-7-10/h8,13H,3-7H2,1-2H3,(H,11,12). The van der Waals surface area contributed by atoms with Gasteiger partial charge in [-0.1, -0.05) is 13.8 Å². The van der Waals surface area contributed by atoms with Crippen LogP contribution in [-0.2, 0) is 9.53 Å². The molecule has 1 saturated heterocycles. The molecule has 1 rings (SSSR count). The fourth-order valence-corrected chi connectivity index (χ4v) is 1.44. The fraction of sp³-hybridized carbons (Fsp3) is 0.900. The Hall–Kier alpha value is -0.610. The molecule has 1 heterocycles. The molecule has 82 valence electrons. The zero-order valence-corrected chi connectivity index (χ0v) is 8.88. The Kier molecular flexibility index (Phi) is 3.89. The van der Waals surface area contributed by atoms with Gasteiger partial charge in [-0.3, -0.25) is 4.79 Å². The van der Waals surface area contributed by atoms with Gasteiger partial charge < -0.3 is 15.2 Å². The van der Waals surface area contributed by atoms with Gasteiger partial charge in [0.05, 0.1) is 6.61 Å². The fourth-order valence-electron chi connectivity index (χ4n) is 1.44. The predicted octanol–water partition coefficient (Wildman–Crippen LogP) is 0.300. The average molecular weight is 201 g/mol. The lowest BCUT2D eigenvalue weighted by Crippen LogP contribution is -2.43. The molecule has 0 aromatic rings. The van der Waals surface area contributed by atoms with Crippen LogP contribution >= 0.6 is 0 Å². The Morgan fingerprint density at radius 2 is 2.36 bits per heavy atom. The summed E-state index contributed by atoms with van der Waals surface area (Å²) in [5.74, 6) is 0.352. The Labute approximate surface area is 84.6 Å². The second-order valence-electron chi connectivity index (χ2n) is 4.40. The first-order valence-electron chi connectivity index (χ1n) is 5.09. The Morgan fingerprint density at radius 1 is 1.64 bits per heavy atom. The highest BCUT2D eigenvalue weighted by Gasteiger charge is 2.32. The largest absolute Gasteiger partial charge is 0.386 e. The van der Waals surface area contributed by atoms with Crippen LogP contribution in [0.4, 0.5) is 0 Å². The summed E-state index contributed by atoms with van der Waals surface area (Å²) >= 11 is 0. The number of aliphatic hydroxyl groups is 1. The van der Waals surface area contributed by atoms with Crippen molar-refractivity contribution in [3.63, 3.8) is 0 Å². The second kappa shape index (κ2) is 4.75. The number of carbonyl (C=O) groups is 1. The van der Waals surface area contributed by atoms with E-state index in [1.807, 2.05) is 13.8 Å². The summed E-state index contributed by atoms with van der Waals surface area (Å²) in [6.45, 7) is 5.20. The van der Waals surface area contributed by atoms with Crippen LogP contribution in [0, 0.1) is 5.92 Å². The van der Waals surface area contributed by atoms with Gasteiger partial charge in [-0.2, -0.15) is 0 Å². The van der Waals surface area contributed by atoms with E-state index in [4.69, 9.17) is 4.74 Å². The van der Waals surface area contributed by atoms with Gasteiger partial charge >= 0.3 is 0 Å². The monoisotopic (exact) mass is 201 g/mol. The number of nitrogens with one attached hydrogen (secondary N) is 1. The lowest BCUT2D eigenvalue weighted by atomic mass is 10.0. The lowest BCUT2D eigenvalue weighted by Gasteiger charge is -2.20. The molecule has 1 atom stereocenters. The normalized spacial score (nSPS) is 26.9. The van der Waals surface area contributed by atoms with Gasteiger partial charge in [0.2, 0.25) is 5.91 Å². The maximum atomic E-state index is 11.3. The van der Waals surface area contributed by atoms with Gasteiger partial charge in [-0.05, 0) is 5.92 Å². The first-order chi connectivity index (χ1) is 6.52. The van der Waals surface area contributed by atoms with Gasteiger partial charge in [0.25, 0.3) is 0 Å². The Bertz CT molecular complexity index is 198. The van der Waals surface area contributed by atoms with Gasteiger partial charge in [-0.25, -0.2) is 0 Å². The molecular formula is C10H19NO3. The molecule has 0 aromatic heterocycles. The number of hydrogen-bond acceptors (Lipinski definition) is 3. The van der Waals surface area contributed by atoms with Gasteiger partial charge in [0.15, 0.2) is 0 Å². The molecule has 0 saturated carbocycles. The molecule has 2 N–H and O–H groups in total. The first kappa shape index (κ1) is 11.5. The van der Waals surface area contributed by atoms with Crippen molar-refractivity contribution >= 4 is 5.91 Å². The predicted molar refractivity (Wildman–Crippen MR) is 52.9 cm³/mol. The highest BCUT2D eigenvalue weighted by molar-refractivity contribution is 5.76. The van der Waals surface area contributed by atoms with E-state index in [0.29, 0.717) is 38.5 Å². The minimum Gasteiger partial charge on any atom is -0.386 e. The molecule has 1 fully saturated rings. The second-order valence-corrected chi connectivity index (χ2v) is 4.40. The van der Waals surface area contributed by atoms with Crippen molar-refractivity contribution in [2.75, 3.05) is 19.8 Å². The summed E-state index contributed by atoms with van der Waals surface area (Å²) < 4.78 is 5.07. The molecule has 1 aliphatic heterocycles. The maximum absolute atomic E-state index is 11.3. The van der Waals surface area contributed by atoms with Crippen LogP contribution in [-0.4, -0.2) is 36.4 Å². The van der Waals surface area contributed by atoms with Gasteiger partial charge in [-0.15, -0.1) is 0 Å². The van der Waals surface area contributed by atoms with Crippen molar-refractivity contribution in [1.29, 1.82) is 0 Å². The molecular weight excluding hydrogens is 182 g/mol. The van der Waals surface area contributed by atoms with E-state index in [-0.39, 0.29) is 5.91 Å². The molecule has 14 heavy (non-hydrogen) atoms. The van der Waals surface area contributed by atoms with E-state index in [1.165, 1.54) is 0 Å². The van der Waals surface area contributed by atoms with Crippen LogP contribution in [0.15, 0.2) is 0 Å². The van der Waals surface area contributed by atoms with E-state index in [9.17, 15) is 9.90 Å². The Balaban J connectivity index is 2.22. The van der Waals surface area contributed by atoms with Crippen molar-refractivity contribution in [3.8, 4) is 0 Å². The van der Waals surface area contributed by atoms with E-state index < -0.39 is 5.60 Å². The number of ether oxygens (including phenoxy) is 1. The highest BCUT2D eigenvalue weighted by Crippen LogP contribution is 2.16. The molecule has 4 nitrogen and oxygen atoms in total. The average Bonchev–Trinajstić information content (AvgIpc) is 2.49. The van der Waals surface area contributed by atoms with Gasteiger partial charge in [0.1, 0.15) is 5.60 Å². The molecule has 0 aromatic carbocycles. The summed E-state index contributed by atoms with van der Waals surface area (Å²) in [6.07, 6.45) is 1.12. The molecule has 1 unspecified atom stereocenters. The van der Waals surface area contributed by atoms with Crippen LogP contribution in [0.1, 0.15) is 26.7 Å². The number of carbonyl (C=O) groups excluding carboxylic acids is 1. The SMILES string of the molecule is CC(C)CC(=O)NCC1(O)CCOC1. The molecule has 0 bridgehead atoms. The van der Waals surface area contributed by atoms with Crippen molar-refractivity contribution in [1.82, 2.24) is 5.32 Å². The first-order valence-corrected chi connectivity index (χ1v) is 5.09. The molecule has 1 amide bonds. The topological polar surface area (TPSA) is 58.6 Å². The van der Waals surface area contributed by atoms with Crippen molar-refractivity contribution in [2.45, 2.75) is 32.3 Å². The molecule has 1 aliphatic rings. The zero-order chi connectivity index (χ0) is 10.6. The third-order valence-corrected chi connectivity index (χ3v) is 2.29. The van der Waals surface area contributed by atoms with E-state index >= 15 is 0 Å². The van der Waals surface area contributed by atoms with E-state index in [1.54, 1.807) is 0 Å². The lowest BCUT2D eigenvalue weighted by molar-refractivity contribution is -0.123. The van der Waals surface area contributed by atoms with Crippen LogP contribution in [0.5, 0.6) is 0 Å². The minimum absolute atomic E-state index is 0.000301. The summed E-state index contributed by atoms with van der Waals surface area (Å²) in [7, 11) is 0. The summed E-state index contributed by atoms with van der Waals surface area (Å²) in [6, 6.07) is 0. The molecule has 0 aliphatic carbocycles. The van der Waals surface area contributed by atoms with Gasteiger partial charge in [0, 0.05) is 26.0 Å². The van der Waals surface area contributed by atoms with E-state index in [0.717, 1.165) is 0 Å². The highest BCUT2D eigenvalue weighted by atomic mass is 16.5. The van der Waals surface area contributed by atoms with Crippen molar-refractivity contribution in [2.24, 2.45) is 5.92 Å². The molecule has 4 heteroatoms. The number of rotatable bonds is 4. The molecule has 0 radical (unpaired) electrons.